The van der Waals surface area contributed by atoms with Gasteiger partial charge >= 0.3 is 0 Å². The molecule has 2 aromatic rings. The van der Waals surface area contributed by atoms with E-state index in [1.165, 1.54) is 12.1 Å². The minimum Gasteiger partial charge on any atom is -0.497 e. The van der Waals surface area contributed by atoms with Crippen molar-refractivity contribution in [3.8, 4) is 5.75 Å². The lowest BCUT2D eigenvalue weighted by Gasteiger charge is -2.05. The Morgan fingerprint density at radius 3 is 2.60 bits per heavy atom. The summed E-state index contributed by atoms with van der Waals surface area (Å²) in [5.41, 5.74) is 0.865. The Morgan fingerprint density at radius 1 is 1.10 bits per heavy atom. The summed E-state index contributed by atoms with van der Waals surface area (Å²) in [6.07, 6.45) is 0.0357. The average molecular weight is 276 g/mol. The molecular formula is C16H14F2O2. The van der Waals surface area contributed by atoms with Crippen molar-refractivity contribution in [2.24, 2.45) is 0 Å². The van der Waals surface area contributed by atoms with Crippen LogP contribution >= 0.6 is 0 Å². The maximum Gasteiger partial charge on any atom is 0.162 e. The van der Waals surface area contributed by atoms with Crippen LogP contribution in [0.3, 0.4) is 0 Å². The molecule has 0 atom stereocenters. The zero-order chi connectivity index (χ0) is 14.5. The van der Waals surface area contributed by atoms with Crippen molar-refractivity contribution >= 4 is 5.78 Å². The van der Waals surface area contributed by atoms with E-state index in [4.69, 9.17) is 4.74 Å². The second-order valence-corrected chi connectivity index (χ2v) is 4.46. The van der Waals surface area contributed by atoms with Gasteiger partial charge in [-0.3, -0.25) is 4.79 Å². The van der Waals surface area contributed by atoms with Crippen LogP contribution in [0.5, 0.6) is 5.75 Å². The van der Waals surface area contributed by atoms with Gasteiger partial charge in [0.15, 0.2) is 11.6 Å². The predicted octanol–water partition coefficient (Wildman–Crippen LogP) is 3.33. The van der Waals surface area contributed by atoms with Crippen molar-refractivity contribution in [1.29, 1.82) is 0 Å². The Hall–Kier alpha value is -2.23. The Labute approximate surface area is 116 Å². The molecule has 20 heavy (non-hydrogen) atoms. The maximum absolute atomic E-state index is 13.5. The molecule has 104 valence electrons. The van der Waals surface area contributed by atoms with Gasteiger partial charge in [-0.2, -0.15) is 0 Å². The highest BCUT2D eigenvalue weighted by atomic mass is 19.2. The Kier molecular flexibility index (Phi) is 4.45. The summed E-state index contributed by atoms with van der Waals surface area (Å²) in [5.74, 6) is -1.40. The molecule has 0 heterocycles. The molecule has 0 aromatic heterocycles. The largest absolute Gasteiger partial charge is 0.497 e. The number of Topliss-reactive ketones (excluding diaryl/α,β-unsaturated/α-hetero) is 1. The Morgan fingerprint density at radius 2 is 1.85 bits per heavy atom. The molecule has 0 fully saturated rings. The summed E-state index contributed by atoms with van der Waals surface area (Å²) < 4.78 is 31.6. The van der Waals surface area contributed by atoms with Crippen molar-refractivity contribution in [2.45, 2.75) is 12.8 Å². The number of methoxy groups -OCH3 is 1. The van der Waals surface area contributed by atoms with Gasteiger partial charge in [0.05, 0.1) is 7.11 Å². The van der Waals surface area contributed by atoms with Gasteiger partial charge in [-0.25, -0.2) is 8.78 Å². The molecule has 0 amide bonds. The molecule has 0 unspecified atom stereocenters. The number of carbonyl (C=O) groups excluding carboxylic acids is 1. The molecule has 2 aromatic carbocycles. The molecular weight excluding hydrogens is 262 g/mol. The summed E-state index contributed by atoms with van der Waals surface area (Å²) in [4.78, 5) is 11.9. The number of ketones is 1. The molecule has 0 aliphatic heterocycles. The minimum atomic E-state index is -0.952. The fourth-order valence-electron chi connectivity index (χ4n) is 1.97. The van der Waals surface area contributed by atoms with Gasteiger partial charge in [0.1, 0.15) is 11.5 Å². The van der Waals surface area contributed by atoms with Crippen LogP contribution in [-0.4, -0.2) is 12.9 Å². The van der Waals surface area contributed by atoms with Crippen LogP contribution in [0.2, 0.25) is 0 Å². The number of hydrogen-bond acceptors (Lipinski definition) is 2. The summed E-state index contributed by atoms with van der Waals surface area (Å²) >= 11 is 0. The van der Waals surface area contributed by atoms with Crippen molar-refractivity contribution in [2.75, 3.05) is 7.11 Å². The van der Waals surface area contributed by atoms with Crippen molar-refractivity contribution < 1.29 is 18.3 Å². The van der Waals surface area contributed by atoms with Gasteiger partial charge in [-0.1, -0.05) is 24.3 Å². The zero-order valence-electron chi connectivity index (χ0n) is 11.0. The van der Waals surface area contributed by atoms with E-state index in [2.05, 4.69) is 0 Å². The standard InChI is InChI=1S/C16H14F2O2/c1-20-14-6-2-4-11(9-14)8-13(19)10-12-5-3-7-15(17)16(12)18/h2-7,9H,8,10H2,1H3. The third-order valence-corrected chi connectivity index (χ3v) is 2.95. The van der Waals surface area contributed by atoms with E-state index in [1.807, 2.05) is 0 Å². The predicted molar refractivity (Wildman–Crippen MR) is 71.8 cm³/mol. The molecule has 0 spiro atoms. The first-order chi connectivity index (χ1) is 9.60. The molecule has 0 aliphatic rings. The first-order valence-corrected chi connectivity index (χ1v) is 6.17. The van der Waals surface area contributed by atoms with Gasteiger partial charge in [0.2, 0.25) is 0 Å². The fourth-order valence-corrected chi connectivity index (χ4v) is 1.97. The van der Waals surface area contributed by atoms with Crippen LogP contribution in [0.4, 0.5) is 8.78 Å². The van der Waals surface area contributed by atoms with E-state index in [9.17, 15) is 13.6 Å². The smallest absolute Gasteiger partial charge is 0.162 e. The minimum absolute atomic E-state index is 0.0814. The monoisotopic (exact) mass is 276 g/mol. The van der Waals surface area contributed by atoms with E-state index in [0.29, 0.717) is 5.75 Å². The molecule has 2 nitrogen and oxygen atoms in total. The lowest BCUT2D eigenvalue weighted by Crippen LogP contribution is -2.08. The normalized spacial score (nSPS) is 10.3. The summed E-state index contributed by atoms with van der Waals surface area (Å²) in [5, 5.41) is 0. The van der Waals surface area contributed by atoms with Gasteiger partial charge in [-0.05, 0) is 29.3 Å². The molecule has 2 rings (SSSR count). The maximum atomic E-state index is 13.5. The zero-order valence-corrected chi connectivity index (χ0v) is 11.0. The number of rotatable bonds is 5. The number of benzene rings is 2. The lowest BCUT2D eigenvalue weighted by atomic mass is 10.0. The van der Waals surface area contributed by atoms with E-state index >= 15 is 0 Å². The number of carbonyl (C=O) groups is 1. The average Bonchev–Trinajstić information content (AvgIpc) is 2.44. The third kappa shape index (κ3) is 3.41. The Balaban J connectivity index is 2.07. The third-order valence-electron chi connectivity index (χ3n) is 2.95. The highest BCUT2D eigenvalue weighted by molar-refractivity contribution is 5.83. The number of ether oxygens (including phenoxy) is 1. The van der Waals surface area contributed by atoms with Gasteiger partial charge in [0.25, 0.3) is 0 Å². The summed E-state index contributed by atoms with van der Waals surface area (Å²) in [6.45, 7) is 0. The van der Waals surface area contributed by atoms with Crippen LogP contribution in [0.1, 0.15) is 11.1 Å². The highest BCUT2D eigenvalue weighted by Gasteiger charge is 2.12. The van der Waals surface area contributed by atoms with Gasteiger partial charge < -0.3 is 4.74 Å². The topological polar surface area (TPSA) is 26.3 Å². The van der Waals surface area contributed by atoms with Crippen molar-refractivity contribution in [1.82, 2.24) is 0 Å². The van der Waals surface area contributed by atoms with E-state index in [1.54, 1.807) is 31.4 Å². The van der Waals surface area contributed by atoms with Crippen LogP contribution in [-0.2, 0) is 17.6 Å². The van der Waals surface area contributed by atoms with Crippen LogP contribution in [0, 0.1) is 11.6 Å². The van der Waals surface area contributed by atoms with Crippen LogP contribution in [0.25, 0.3) is 0 Å². The molecule has 0 bridgehead atoms. The first-order valence-electron chi connectivity index (χ1n) is 6.17. The second-order valence-electron chi connectivity index (χ2n) is 4.46. The molecule has 0 saturated heterocycles. The molecule has 4 heteroatoms. The van der Waals surface area contributed by atoms with Gasteiger partial charge in [-0.15, -0.1) is 0 Å². The van der Waals surface area contributed by atoms with E-state index < -0.39 is 11.6 Å². The van der Waals surface area contributed by atoms with Crippen LogP contribution in [0.15, 0.2) is 42.5 Å². The quantitative estimate of drug-likeness (QED) is 0.837. The van der Waals surface area contributed by atoms with Gasteiger partial charge in [0, 0.05) is 12.8 Å². The molecule has 0 aliphatic carbocycles. The Bertz CT molecular complexity index is 624. The SMILES string of the molecule is COc1cccc(CC(=O)Cc2cccc(F)c2F)c1. The summed E-state index contributed by atoms with van der Waals surface area (Å²) in [6, 6.07) is 11.0. The lowest BCUT2D eigenvalue weighted by molar-refractivity contribution is -0.117. The van der Waals surface area contributed by atoms with E-state index in [0.717, 1.165) is 11.6 Å². The fraction of sp³-hybridized carbons (Fsp3) is 0.188. The second kappa shape index (κ2) is 6.28. The number of halogens is 2. The van der Waals surface area contributed by atoms with Crippen LogP contribution < -0.4 is 4.74 Å². The molecule has 0 N–H and O–H groups in total. The van der Waals surface area contributed by atoms with Crippen molar-refractivity contribution in [3.05, 3.63) is 65.2 Å². The van der Waals surface area contributed by atoms with E-state index in [-0.39, 0.29) is 24.2 Å². The molecule has 0 saturated carbocycles. The number of hydrogen-bond donors (Lipinski definition) is 0. The highest BCUT2D eigenvalue weighted by Crippen LogP contribution is 2.16. The first kappa shape index (κ1) is 14.2. The molecule has 0 radical (unpaired) electrons. The summed E-state index contributed by atoms with van der Waals surface area (Å²) in [7, 11) is 1.54. The van der Waals surface area contributed by atoms with Crippen molar-refractivity contribution in [3.63, 3.8) is 0 Å².